The van der Waals surface area contributed by atoms with Gasteiger partial charge in [-0.3, -0.25) is 9.59 Å². The number of hydrogen-bond acceptors (Lipinski definition) is 8. The molecule has 0 atom stereocenters. The lowest BCUT2D eigenvalue weighted by atomic mass is 10.0. The van der Waals surface area contributed by atoms with Crippen LogP contribution in [-0.2, 0) is 36.7 Å². The van der Waals surface area contributed by atoms with Gasteiger partial charge in [0.05, 0.1) is 35.0 Å². The number of rotatable bonds is 8. The number of fused-ring (bicyclic) bond motifs is 1. The van der Waals surface area contributed by atoms with Crippen LogP contribution in [-0.4, -0.2) is 48.0 Å². The summed E-state index contributed by atoms with van der Waals surface area (Å²) in [5, 5.41) is 2.49. The number of ether oxygens (including phenoxy) is 4. The van der Waals surface area contributed by atoms with Crippen LogP contribution in [0.25, 0.3) is 0 Å². The SMILES string of the molecule is CC.CC.CNC(=O)CCCON.CO/C1=C(OC)/C(OC)=C\CCCCc2cc(=O)c(OC)ccc2C1. The van der Waals surface area contributed by atoms with Crippen LogP contribution in [0.4, 0.5) is 0 Å². The molecule has 9 nitrogen and oxygen atoms in total. The molecule has 3 N–H and O–H groups in total. The fraction of sp³-hybridized carbons (Fsp3) is 0.586. The van der Waals surface area contributed by atoms with E-state index in [1.807, 2.05) is 39.8 Å². The van der Waals surface area contributed by atoms with Gasteiger partial charge in [0.25, 0.3) is 0 Å². The van der Waals surface area contributed by atoms with Gasteiger partial charge in [0, 0.05) is 19.9 Å². The molecule has 1 aliphatic rings. The highest BCUT2D eigenvalue weighted by Gasteiger charge is 2.17. The minimum atomic E-state index is -0.107. The van der Waals surface area contributed by atoms with Crippen LogP contribution in [0, 0.1) is 0 Å². The van der Waals surface area contributed by atoms with Crippen molar-refractivity contribution in [3.8, 4) is 5.75 Å². The van der Waals surface area contributed by atoms with Gasteiger partial charge >= 0.3 is 0 Å². The third-order valence-electron chi connectivity index (χ3n) is 5.29. The Kier molecular flexibility index (Phi) is 23.7. The number of allylic oxidation sites excluding steroid dienone is 2. The molecule has 0 radical (unpaired) electrons. The average molecular weight is 539 g/mol. The Balaban J connectivity index is 0. The number of amides is 1. The number of nitrogens with one attached hydrogen (secondary N) is 1. The van der Waals surface area contributed by atoms with Crippen molar-refractivity contribution in [3.63, 3.8) is 0 Å². The van der Waals surface area contributed by atoms with E-state index in [-0.39, 0.29) is 11.3 Å². The zero-order chi connectivity index (χ0) is 29.3. The van der Waals surface area contributed by atoms with Crippen LogP contribution in [0.2, 0.25) is 0 Å². The summed E-state index contributed by atoms with van der Waals surface area (Å²) in [4.78, 5) is 27.0. The summed E-state index contributed by atoms with van der Waals surface area (Å²) in [6.45, 7) is 8.44. The molecule has 1 aromatic carbocycles. The maximum absolute atomic E-state index is 12.3. The second kappa shape index (κ2) is 24.3. The lowest BCUT2D eigenvalue weighted by Crippen LogP contribution is -2.18. The molecule has 218 valence electrons. The lowest BCUT2D eigenvalue weighted by Gasteiger charge is -2.15. The molecule has 38 heavy (non-hydrogen) atoms. The molecule has 0 saturated heterocycles. The highest BCUT2D eigenvalue weighted by atomic mass is 16.6. The standard InChI is InChI=1S/C20H26O5.C5H12N2O2.2C2H6/c1-22-17-11-10-15-13-19(24-3)20(25-4)18(23-2)9-7-5-6-8-14(15)12-16(17)21;1-7-5(8)3-2-4-9-6;2*1-2/h9-12H,5-8,13H2,1-4H3;2-4,6H2,1H3,(H,7,8);2*1-2H3/b18-9+,20-19-;;;. The van der Waals surface area contributed by atoms with Gasteiger partial charge in [-0.1, -0.05) is 33.8 Å². The van der Waals surface area contributed by atoms with E-state index in [0.29, 0.717) is 48.9 Å². The number of nitrogens with two attached hydrogens (primary N) is 1. The van der Waals surface area contributed by atoms with Crippen LogP contribution in [0.15, 0.2) is 46.3 Å². The third-order valence-corrected chi connectivity index (χ3v) is 5.29. The summed E-state index contributed by atoms with van der Waals surface area (Å²) in [5.41, 5.74) is 1.92. The van der Waals surface area contributed by atoms with Crippen LogP contribution < -0.4 is 21.4 Å². The smallest absolute Gasteiger partial charge is 0.220 e. The predicted molar refractivity (Wildman–Crippen MR) is 153 cm³/mol. The fourth-order valence-electron chi connectivity index (χ4n) is 3.43. The van der Waals surface area contributed by atoms with Crippen molar-refractivity contribution < 1.29 is 28.6 Å². The van der Waals surface area contributed by atoms with Gasteiger partial charge in [0.1, 0.15) is 5.76 Å². The number of carbonyl (C=O) groups is 1. The van der Waals surface area contributed by atoms with E-state index in [2.05, 4.69) is 10.2 Å². The Morgan fingerprint density at radius 3 is 2.16 bits per heavy atom. The molecule has 0 spiro atoms. The quantitative estimate of drug-likeness (QED) is 0.357. The summed E-state index contributed by atoms with van der Waals surface area (Å²) < 4.78 is 21.8. The first kappa shape index (κ1) is 37.1. The highest BCUT2D eigenvalue weighted by molar-refractivity contribution is 5.75. The van der Waals surface area contributed by atoms with Crippen molar-refractivity contribution in [2.45, 2.75) is 72.6 Å². The molecule has 1 aliphatic carbocycles. The van der Waals surface area contributed by atoms with Crippen molar-refractivity contribution in [2.75, 3.05) is 42.1 Å². The molecular formula is C29H50N2O7. The predicted octanol–water partition coefficient (Wildman–Crippen LogP) is 4.81. The monoisotopic (exact) mass is 538 g/mol. The zero-order valence-corrected chi connectivity index (χ0v) is 24.9. The Labute approximate surface area is 229 Å². The van der Waals surface area contributed by atoms with E-state index >= 15 is 0 Å². The third kappa shape index (κ3) is 14.0. The number of hydrogen-bond donors (Lipinski definition) is 2. The summed E-state index contributed by atoms with van der Waals surface area (Å²) in [7, 11) is 7.95. The number of aryl methyl sites for hydroxylation is 1. The second-order valence-corrected chi connectivity index (χ2v) is 7.46. The summed E-state index contributed by atoms with van der Waals surface area (Å²) >= 11 is 0. The van der Waals surface area contributed by atoms with Crippen molar-refractivity contribution in [1.82, 2.24) is 5.32 Å². The van der Waals surface area contributed by atoms with Crippen molar-refractivity contribution >= 4 is 5.91 Å². The van der Waals surface area contributed by atoms with Crippen molar-refractivity contribution in [1.29, 1.82) is 0 Å². The second-order valence-electron chi connectivity index (χ2n) is 7.46. The molecule has 1 amide bonds. The molecular weight excluding hydrogens is 488 g/mol. The van der Waals surface area contributed by atoms with E-state index < -0.39 is 0 Å². The molecule has 0 fully saturated rings. The average Bonchev–Trinajstić information content (AvgIpc) is 3.12. The lowest BCUT2D eigenvalue weighted by molar-refractivity contribution is -0.120. The summed E-state index contributed by atoms with van der Waals surface area (Å²) in [6, 6.07) is 5.32. The Bertz CT molecular complexity index is 899. The normalized spacial score (nSPS) is 15.9. The molecule has 0 aliphatic heterocycles. The van der Waals surface area contributed by atoms with Crippen LogP contribution in [0.1, 0.15) is 70.9 Å². The Morgan fingerprint density at radius 1 is 0.947 bits per heavy atom. The van der Waals surface area contributed by atoms with Crippen molar-refractivity contribution in [2.24, 2.45) is 5.90 Å². The molecule has 2 rings (SSSR count). The van der Waals surface area contributed by atoms with Gasteiger partial charge in [-0.05, 0) is 61.4 Å². The Morgan fingerprint density at radius 2 is 1.63 bits per heavy atom. The zero-order valence-electron chi connectivity index (χ0n) is 24.9. The molecule has 0 aromatic heterocycles. The summed E-state index contributed by atoms with van der Waals surface area (Å²) in [6.07, 6.45) is 7.37. The van der Waals surface area contributed by atoms with Crippen LogP contribution >= 0.6 is 0 Å². The number of carbonyl (C=O) groups excluding carboxylic acids is 1. The van der Waals surface area contributed by atoms with Gasteiger partial charge in [0.2, 0.25) is 11.3 Å². The first-order chi connectivity index (χ1) is 18.4. The molecule has 0 heterocycles. The van der Waals surface area contributed by atoms with E-state index in [4.69, 9.17) is 24.8 Å². The fourth-order valence-corrected chi connectivity index (χ4v) is 3.43. The molecule has 9 heteroatoms. The first-order valence-corrected chi connectivity index (χ1v) is 13.2. The van der Waals surface area contributed by atoms with Gasteiger partial charge < -0.3 is 29.1 Å². The van der Waals surface area contributed by atoms with E-state index in [0.717, 1.165) is 36.8 Å². The van der Waals surface area contributed by atoms with Gasteiger partial charge in [-0.25, -0.2) is 5.90 Å². The Hall–Kier alpha value is -3.04. The van der Waals surface area contributed by atoms with Crippen LogP contribution in [0.5, 0.6) is 5.75 Å². The molecule has 1 aromatic rings. The molecule has 0 saturated carbocycles. The minimum absolute atomic E-state index is 0.0204. The van der Waals surface area contributed by atoms with E-state index in [1.54, 1.807) is 40.5 Å². The maximum Gasteiger partial charge on any atom is 0.220 e. The summed E-state index contributed by atoms with van der Waals surface area (Å²) in [5.74, 6) is 7.00. The van der Waals surface area contributed by atoms with Gasteiger partial charge in [0.15, 0.2) is 17.3 Å². The van der Waals surface area contributed by atoms with Gasteiger partial charge in [-0.2, -0.15) is 0 Å². The maximum atomic E-state index is 12.3. The molecule has 0 bridgehead atoms. The van der Waals surface area contributed by atoms with Gasteiger partial charge in [-0.15, -0.1) is 0 Å². The van der Waals surface area contributed by atoms with Crippen molar-refractivity contribution in [3.05, 3.63) is 62.9 Å². The largest absolute Gasteiger partial charge is 0.497 e. The van der Waals surface area contributed by atoms with Crippen LogP contribution in [0.3, 0.4) is 0 Å². The first-order valence-electron chi connectivity index (χ1n) is 13.2. The highest BCUT2D eigenvalue weighted by Crippen LogP contribution is 2.25. The minimum Gasteiger partial charge on any atom is -0.497 e. The topological polar surface area (TPSA) is 118 Å². The molecule has 0 unspecified atom stereocenters. The number of methoxy groups -OCH3 is 4. The van der Waals surface area contributed by atoms with E-state index in [9.17, 15) is 9.59 Å². The van der Waals surface area contributed by atoms with E-state index in [1.165, 1.54) is 7.11 Å².